The molecule has 1 aliphatic rings. The zero-order valence-electron chi connectivity index (χ0n) is 13.5. The summed E-state index contributed by atoms with van der Waals surface area (Å²) in [6, 6.07) is 15.6. The maximum atomic E-state index is 12.1. The highest BCUT2D eigenvalue weighted by Crippen LogP contribution is 2.16. The first-order valence-electron chi connectivity index (χ1n) is 8.21. The van der Waals surface area contributed by atoms with E-state index in [2.05, 4.69) is 60.0 Å². The molecular formula is C19H25ClN2O. The molecule has 2 N–H and O–H groups in total. The molecule has 0 radical (unpaired) electrons. The molecular weight excluding hydrogens is 308 g/mol. The molecule has 0 bridgehead atoms. The minimum atomic E-state index is 0. The summed E-state index contributed by atoms with van der Waals surface area (Å²) >= 11 is 0. The molecule has 1 aliphatic heterocycles. The Hall–Kier alpha value is -1.58. The summed E-state index contributed by atoms with van der Waals surface area (Å²) < 4.78 is 0. The smallest absolute Gasteiger partial charge is 0.220 e. The van der Waals surface area contributed by atoms with Crippen molar-refractivity contribution >= 4 is 29.1 Å². The van der Waals surface area contributed by atoms with Gasteiger partial charge in [0.25, 0.3) is 0 Å². The molecule has 1 amide bonds. The van der Waals surface area contributed by atoms with Gasteiger partial charge in [-0.15, -0.1) is 12.4 Å². The second-order valence-corrected chi connectivity index (χ2v) is 6.33. The van der Waals surface area contributed by atoms with Gasteiger partial charge in [-0.3, -0.25) is 4.79 Å². The van der Waals surface area contributed by atoms with Gasteiger partial charge in [0.05, 0.1) is 0 Å². The summed E-state index contributed by atoms with van der Waals surface area (Å²) in [4.78, 5) is 12.1. The van der Waals surface area contributed by atoms with Gasteiger partial charge in [-0.25, -0.2) is 0 Å². The van der Waals surface area contributed by atoms with Gasteiger partial charge in [0.2, 0.25) is 5.91 Å². The summed E-state index contributed by atoms with van der Waals surface area (Å²) in [7, 11) is 0. The number of amides is 1. The van der Waals surface area contributed by atoms with Crippen molar-refractivity contribution in [3.63, 3.8) is 0 Å². The second kappa shape index (κ2) is 8.32. The number of piperidine rings is 1. The third-order valence-electron chi connectivity index (χ3n) is 4.44. The van der Waals surface area contributed by atoms with E-state index in [9.17, 15) is 4.79 Å². The summed E-state index contributed by atoms with van der Waals surface area (Å²) in [5.74, 6) is 0.173. The van der Waals surface area contributed by atoms with Gasteiger partial charge in [-0.05, 0) is 49.1 Å². The number of carbonyl (C=O) groups is 1. The largest absolute Gasteiger partial charge is 0.353 e. The molecule has 2 atom stereocenters. The Morgan fingerprint density at radius 3 is 2.78 bits per heavy atom. The maximum Gasteiger partial charge on any atom is 0.220 e. The standard InChI is InChI=1S/C19H24N2O.ClH/c1-14-12-18(10-11-20-14)21-19(22)9-7-15-6-8-16-4-2-3-5-17(16)13-15;/h2-6,8,13-14,18,20H,7,9-12H2,1H3,(H,21,22);1H. The van der Waals surface area contributed by atoms with E-state index in [1.54, 1.807) is 0 Å². The van der Waals surface area contributed by atoms with Crippen LogP contribution in [-0.2, 0) is 11.2 Å². The number of hydrogen-bond donors (Lipinski definition) is 2. The number of rotatable bonds is 4. The molecule has 3 nitrogen and oxygen atoms in total. The normalized spacial score (nSPS) is 20.7. The van der Waals surface area contributed by atoms with Gasteiger partial charge in [0.1, 0.15) is 0 Å². The molecule has 1 fully saturated rings. The van der Waals surface area contributed by atoms with Gasteiger partial charge < -0.3 is 10.6 Å². The average molecular weight is 333 g/mol. The van der Waals surface area contributed by atoms with Crippen molar-refractivity contribution in [1.29, 1.82) is 0 Å². The van der Waals surface area contributed by atoms with E-state index in [1.807, 2.05) is 0 Å². The quantitative estimate of drug-likeness (QED) is 0.900. The summed E-state index contributed by atoms with van der Waals surface area (Å²) in [6.07, 6.45) is 3.43. The minimum absolute atomic E-state index is 0. The van der Waals surface area contributed by atoms with Gasteiger partial charge in [-0.2, -0.15) is 0 Å². The molecule has 2 aromatic rings. The summed E-state index contributed by atoms with van der Waals surface area (Å²) in [6.45, 7) is 3.17. The lowest BCUT2D eigenvalue weighted by Crippen LogP contribution is -2.46. The number of halogens is 1. The van der Waals surface area contributed by atoms with Crippen LogP contribution in [0.1, 0.15) is 31.7 Å². The molecule has 0 saturated carbocycles. The highest BCUT2D eigenvalue weighted by atomic mass is 35.5. The van der Waals surface area contributed by atoms with E-state index >= 15 is 0 Å². The molecule has 3 rings (SSSR count). The van der Waals surface area contributed by atoms with E-state index in [4.69, 9.17) is 0 Å². The van der Waals surface area contributed by atoms with Crippen molar-refractivity contribution in [2.45, 2.75) is 44.7 Å². The van der Waals surface area contributed by atoms with Crippen LogP contribution in [0.5, 0.6) is 0 Å². The average Bonchev–Trinajstić information content (AvgIpc) is 2.53. The highest BCUT2D eigenvalue weighted by Gasteiger charge is 2.19. The first-order chi connectivity index (χ1) is 10.7. The van der Waals surface area contributed by atoms with Crippen LogP contribution in [0.25, 0.3) is 10.8 Å². The second-order valence-electron chi connectivity index (χ2n) is 6.33. The van der Waals surface area contributed by atoms with Crippen LogP contribution in [0, 0.1) is 0 Å². The van der Waals surface area contributed by atoms with Crippen LogP contribution >= 0.6 is 12.4 Å². The number of hydrogen-bond acceptors (Lipinski definition) is 2. The van der Waals surface area contributed by atoms with Crippen LogP contribution in [0.3, 0.4) is 0 Å². The fraction of sp³-hybridized carbons (Fsp3) is 0.421. The van der Waals surface area contributed by atoms with Gasteiger partial charge in [-0.1, -0.05) is 42.5 Å². The predicted octanol–water partition coefficient (Wildman–Crippen LogP) is 3.45. The van der Waals surface area contributed by atoms with Gasteiger partial charge >= 0.3 is 0 Å². The zero-order valence-corrected chi connectivity index (χ0v) is 14.4. The van der Waals surface area contributed by atoms with Crippen LogP contribution < -0.4 is 10.6 Å². The van der Waals surface area contributed by atoms with E-state index in [-0.39, 0.29) is 18.3 Å². The topological polar surface area (TPSA) is 41.1 Å². The summed E-state index contributed by atoms with van der Waals surface area (Å²) in [5.41, 5.74) is 1.23. The minimum Gasteiger partial charge on any atom is -0.353 e. The van der Waals surface area contributed by atoms with E-state index in [0.717, 1.165) is 25.8 Å². The molecule has 1 heterocycles. The number of nitrogens with one attached hydrogen (secondary N) is 2. The number of carbonyl (C=O) groups excluding carboxylic acids is 1. The molecule has 2 unspecified atom stereocenters. The van der Waals surface area contributed by atoms with E-state index in [1.165, 1.54) is 16.3 Å². The first kappa shape index (κ1) is 17.8. The molecule has 124 valence electrons. The SMILES string of the molecule is CC1CC(NC(=O)CCc2ccc3ccccc3c2)CCN1.Cl. The molecule has 0 aromatic heterocycles. The number of fused-ring (bicyclic) bond motifs is 1. The molecule has 0 spiro atoms. The highest BCUT2D eigenvalue weighted by molar-refractivity contribution is 5.85. The number of aryl methyl sites for hydroxylation is 1. The first-order valence-corrected chi connectivity index (χ1v) is 8.21. The lowest BCUT2D eigenvalue weighted by atomic mass is 10.00. The van der Waals surface area contributed by atoms with Crippen LogP contribution in [0.2, 0.25) is 0 Å². The van der Waals surface area contributed by atoms with Crippen molar-refractivity contribution in [1.82, 2.24) is 10.6 Å². The van der Waals surface area contributed by atoms with Crippen molar-refractivity contribution in [3.8, 4) is 0 Å². The van der Waals surface area contributed by atoms with Crippen molar-refractivity contribution < 1.29 is 4.79 Å². The fourth-order valence-electron chi connectivity index (χ4n) is 3.22. The number of benzene rings is 2. The van der Waals surface area contributed by atoms with E-state index in [0.29, 0.717) is 18.5 Å². The Morgan fingerprint density at radius 1 is 1.22 bits per heavy atom. The Kier molecular flexibility index (Phi) is 6.43. The maximum absolute atomic E-state index is 12.1. The van der Waals surface area contributed by atoms with Crippen LogP contribution in [0.15, 0.2) is 42.5 Å². The third kappa shape index (κ3) is 4.95. The zero-order chi connectivity index (χ0) is 15.4. The Balaban J connectivity index is 0.00000192. The van der Waals surface area contributed by atoms with Crippen LogP contribution in [-0.4, -0.2) is 24.5 Å². The third-order valence-corrected chi connectivity index (χ3v) is 4.44. The van der Waals surface area contributed by atoms with Crippen molar-refractivity contribution in [2.75, 3.05) is 6.54 Å². The molecule has 1 saturated heterocycles. The lowest BCUT2D eigenvalue weighted by Gasteiger charge is -2.28. The molecule has 2 aromatic carbocycles. The van der Waals surface area contributed by atoms with Crippen LogP contribution in [0.4, 0.5) is 0 Å². The molecule has 4 heteroatoms. The van der Waals surface area contributed by atoms with Gasteiger partial charge in [0.15, 0.2) is 0 Å². The van der Waals surface area contributed by atoms with Gasteiger partial charge in [0, 0.05) is 18.5 Å². The van der Waals surface area contributed by atoms with Crippen molar-refractivity contribution in [3.05, 3.63) is 48.0 Å². The Labute approximate surface area is 144 Å². The lowest BCUT2D eigenvalue weighted by molar-refractivity contribution is -0.122. The Morgan fingerprint density at radius 2 is 2.00 bits per heavy atom. The predicted molar refractivity (Wildman–Crippen MR) is 98.1 cm³/mol. The fourth-order valence-corrected chi connectivity index (χ4v) is 3.22. The molecule has 0 aliphatic carbocycles. The Bertz CT molecular complexity index is 659. The van der Waals surface area contributed by atoms with Crippen molar-refractivity contribution in [2.24, 2.45) is 0 Å². The summed E-state index contributed by atoms with van der Waals surface area (Å²) in [5, 5.41) is 9.08. The monoisotopic (exact) mass is 332 g/mol. The molecule has 23 heavy (non-hydrogen) atoms. The van der Waals surface area contributed by atoms with E-state index < -0.39 is 0 Å².